The van der Waals surface area contributed by atoms with Gasteiger partial charge in [-0.15, -0.1) is 0 Å². The molecule has 0 aliphatic carbocycles. The zero-order valence-electron chi connectivity index (χ0n) is 14.2. The first kappa shape index (κ1) is 16.7. The average Bonchev–Trinajstić information content (AvgIpc) is 2.64. The molecular weight excluding hydrogens is 352 g/mol. The van der Waals surface area contributed by atoms with E-state index in [4.69, 9.17) is 16.3 Å². The second kappa shape index (κ2) is 6.50. The molecule has 1 unspecified atom stereocenters. The van der Waals surface area contributed by atoms with Crippen LogP contribution in [0.25, 0.3) is 10.9 Å². The molecule has 0 radical (unpaired) electrons. The van der Waals surface area contributed by atoms with Gasteiger partial charge in [-0.1, -0.05) is 41.9 Å². The topological polar surface area (TPSA) is 60.3 Å². The molecule has 1 N–H and O–H groups in total. The first-order valence-corrected chi connectivity index (χ1v) is 8.77. The van der Waals surface area contributed by atoms with E-state index in [2.05, 4.69) is 5.32 Å². The van der Waals surface area contributed by atoms with Gasteiger partial charge in [-0.25, -0.2) is 0 Å². The first-order chi connectivity index (χ1) is 12.5. The molecule has 2 heterocycles. The van der Waals surface area contributed by atoms with Crippen molar-refractivity contribution >= 4 is 28.4 Å². The molecule has 132 valence electrons. The van der Waals surface area contributed by atoms with Crippen LogP contribution in [0.15, 0.2) is 53.5 Å². The molecule has 1 amide bonds. The van der Waals surface area contributed by atoms with E-state index in [9.17, 15) is 9.59 Å². The highest BCUT2D eigenvalue weighted by Gasteiger charge is 2.24. The van der Waals surface area contributed by atoms with Crippen molar-refractivity contribution in [3.8, 4) is 5.75 Å². The lowest BCUT2D eigenvalue weighted by molar-refractivity contribution is 0.0948. The summed E-state index contributed by atoms with van der Waals surface area (Å²) < 4.78 is 7.68. The number of carbonyl (C=O) groups is 1. The Kier molecular flexibility index (Phi) is 4.17. The van der Waals surface area contributed by atoms with Crippen molar-refractivity contribution in [1.29, 1.82) is 0 Å². The number of rotatable bonds is 3. The molecular formula is C20H17ClN2O3. The first-order valence-electron chi connectivity index (χ1n) is 8.39. The van der Waals surface area contributed by atoms with E-state index in [0.717, 1.165) is 5.56 Å². The zero-order valence-corrected chi connectivity index (χ0v) is 14.9. The van der Waals surface area contributed by atoms with Crippen LogP contribution >= 0.6 is 11.6 Å². The number of aromatic nitrogens is 1. The van der Waals surface area contributed by atoms with Crippen molar-refractivity contribution in [3.05, 3.63) is 75.0 Å². The zero-order chi connectivity index (χ0) is 18.3. The van der Waals surface area contributed by atoms with E-state index in [1.807, 2.05) is 41.8 Å². The molecule has 3 aromatic rings. The number of hydrogen-bond acceptors (Lipinski definition) is 3. The molecule has 1 aromatic heterocycles. The summed E-state index contributed by atoms with van der Waals surface area (Å²) in [6.07, 6.45) is 1.54. The van der Waals surface area contributed by atoms with Crippen LogP contribution in [0, 0.1) is 0 Å². The molecule has 6 heteroatoms. The Morgan fingerprint density at radius 3 is 2.81 bits per heavy atom. The number of pyridine rings is 1. The molecule has 5 nitrogen and oxygen atoms in total. The number of halogens is 1. The van der Waals surface area contributed by atoms with Crippen molar-refractivity contribution in [2.24, 2.45) is 0 Å². The minimum absolute atomic E-state index is 0.0605. The van der Waals surface area contributed by atoms with E-state index < -0.39 is 5.91 Å². The Labute approximate surface area is 155 Å². The Morgan fingerprint density at radius 1 is 1.27 bits per heavy atom. The van der Waals surface area contributed by atoms with E-state index in [1.54, 1.807) is 18.3 Å². The van der Waals surface area contributed by atoms with Crippen molar-refractivity contribution in [2.45, 2.75) is 26.1 Å². The third-order valence-electron chi connectivity index (χ3n) is 4.46. The lowest BCUT2D eigenvalue weighted by Crippen LogP contribution is -2.32. The third-order valence-corrected chi connectivity index (χ3v) is 4.77. The van der Waals surface area contributed by atoms with Crippen LogP contribution in [-0.2, 0) is 13.1 Å². The second-order valence-electron chi connectivity index (χ2n) is 6.39. The highest BCUT2D eigenvalue weighted by atomic mass is 35.5. The van der Waals surface area contributed by atoms with Crippen LogP contribution in [0.4, 0.5) is 0 Å². The fraction of sp³-hybridized carbons (Fsp3) is 0.200. The van der Waals surface area contributed by atoms with Gasteiger partial charge in [0.15, 0.2) is 0 Å². The Bertz CT molecular complexity index is 1060. The molecule has 0 saturated carbocycles. The predicted molar refractivity (Wildman–Crippen MR) is 101 cm³/mol. The Balaban J connectivity index is 1.77. The van der Waals surface area contributed by atoms with Crippen LogP contribution in [0.3, 0.4) is 0 Å². The van der Waals surface area contributed by atoms with Crippen molar-refractivity contribution in [2.75, 3.05) is 0 Å². The van der Waals surface area contributed by atoms with Crippen LogP contribution in [0.2, 0.25) is 5.02 Å². The molecule has 0 saturated heterocycles. The highest BCUT2D eigenvalue weighted by Crippen LogP contribution is 2.33. The highest BCUT2D eigenvalue weighted by molar-refractivity contribution is 6.35. The fourth-order valence-corrected chi connectivity index (χ4v) is 3.51. The third kappa shape index (κ3) is 2.84. The van der Waals surface area contributed by atoms with Gasteiger partial charge in [0.25, 0.3) is 5.91 Å². The summed E-state index contributed by atoms with van der Waals surface area (Å²) in [6.45, 7) is 2.84. The van der Waals surface area contributed by atoms with Gasteiger partial charge in [0.2, 0.25) is 5.43 Å². The molecule has 0 spiro atoms. The smallest absolute Gasteiger partial charge is 0.257 e. The lowest BCUT2D eigenvalue weighted by atomic mass is 10.1. The summed E-state index contributed by atoms with van der Waals surface area (Å²) in [6, 6.07) is 12.9. The molecule has 1 aliphatic rings. The molecule has 2 aromatic carbocycles. The summed E-state index contributed by atoms with van der Waals surface area (Å²) in [5.41, 5.74) is 1.30. The van der Waals surface area contributed by atoms with E-state index >= 15 is 0 Å². The van der Waals surface area contributed by atoms with Gasteiger partial charge in [-0.3, -0.25) is 9.59 Å². The number of nitrogens with zero attached hydrogens (tertiary/aromatic N) is 1. The fourth-order valence-electron chi connectivity index (χ4n) is 3.27. The number of hydrogen-bond donors (Lipinski definition) is 1. The number of nitrogens with one attached hydrogen (secondary N) is 1. The number of benzene rings is 2. The average molecular weight is 369 g/mol. The van der Waals surface area contributed by atoms with Crippen LogP contribution in [0.5, 0.6) is 5.75 Å². The maximum absolute atomic E-state index is 12.9. The Morgan fingerprint density at radius 2 is 2.04 bits per heavy atom. The van der Waals surface area contributed by atoms with Gasteiger partial charge in [0.05, 0.1) is 22.5 Å². The van der Waals surface area contributed by atoms with Gasteiger partial charge < -0.3 is 14.6 Å². The number of amides is 1. The number of carbonyl (C=O) groups excluding carboxylic acids is 1. The molecule has 1 atom stereocenters. The van der Waals surface area contributed by atoms with Gasteiger partial charge >= 0.3 is 0 Å². The van der Waals surface area contributed by atoms with Crippen LogP contribution in [0.1, 0.15) is 22.8 Å². The summed E-state index contributed by atoms with van der Waals surface area (Å²) >= 11 is 6.27. The van der Waals surface area contributed by atoms with Crippen LogP contribution < -0.4 is 15.5 Å². The van der Waals surface area contributed by atoms with Crippen molar-refractivity contribution < 1.29 is 9.53 Å². The van der Waals surface area contributed by atoms with E-state index in [1.165, 1.54) is 0 Å². The Hall–Kier alpha value is -2.79. The minimum Gasteiger partial charge on any atom is -0.487 e. The van der Waals surface area contributed by atoms with Crippen molar-refractivity contribution in [1.82, 2.24) is 9.88 Å². The second-order valence-corrected chi connectivity index (χ2v) is 6.80. The van der Waals surface area contributed by atoms with Gasteiger partial charge in [0.1, 0.15) is 17.4 Å². The summed E-state index contributed by atoms with van der Waals surface area (Å²) in [4.78, 5) is 25.6. The largest absolute Gasteiger partial charge is 0.487 e. The lowest BCUT2D eigenvalue weighted by Gasteiger charge is -2.26. The number of ether oxygens (including phenoxy) is 1. The van der Waals surface area contributed by atoms with Crippen molar-refractivity contribution in [3.63, 3.8) is 0 Å². The molecule has 0 fully saturated rings. The molecule has 26 heavy (non-hydrogen) atoms. The maximum Gasteiger partial charge on any atom is 0.257 e. The quantitative estimate of drug-likeness (QED) is 0.771. The SMILES string of the molecule is CC1Cn2cc(C(=O)NCc3ccccc3)c(=O)c3c(Cl)ccc(c32)O1. The normalized spacial score (nSPS) is 15.5. The monoisotopic (exact) mass is 368 g/mol. The molecule has 0 bridgehead atoms. The van der Waals surface area contributed by atoms with E-state index in [-0.39, 0.29) is 17.1 Å². The van der Waals surface area contributed by atoms with E-state index in [0.29, 0.717) is 34.8 Å². The van der Waals surface area contributed by atoms with Gasteiger partial charge in [0, 0.05) is 12.7 Å². The summed E-state index contributed by atoms with van der Waals surface area (Å²) in [5.74, 6) is 0.196. The summed E-state index contributed by atoms with van der Waals surface area (Å²) in [5, 5.41) is 3.45. The van der Waals surface area contributed by atoms with Gasteiger partial charge in [-0.2, -0.15) is 0 Å². The molecule has 1 aliphatic heterocycles. The molecule has 4 rings (SSSR count). The standard InChI is InChI=1S/C20H17ClN2O3/c1-12-10-23-11-14(20(25)22-9-13-5-3-2-4-6-13)19(24)17-15(21)7-8-16(26-12)18(17)23/h2-8,11-12H,9-10H2,1H3,(H,22,25). The van der Waals surface area contributed by atoms with Gasteiger partial charge in [-0.05, 0) is 24.6 Å². The minimum atomic E-state index is -0.412. The maximum atomic E-state index is 12.9. The van der Waals surface area contributed by atoms with Crippen LogP contribution in [-0.4, -0.2) is 16.6 Å². The predicted octanol–water partition coefficient (Wildman–Crippen LogP) is 3.37. The summed E-state index contributed by atoms with van der Waals surface area (Å²) in [7, 11) is 0.